The number of ether oxygens (including phenoxy) is 2. The van der Waals surface area contributed by atoms with Crippen LogP contribution in [0.4, 0.5) is 14.5 Å². The molecule has 1 amide bonds. The van der Waals surface area contributed by atoms with Crippen molar-refractivity contribution < 1.29 is 27.8 Å². The third kappa shape index (κ3) is 7.40. The van der Waals surface area contributed by atoms with E-state index in [1.807, 2.05) is 6.07 Å². The average molecular weight is 588 g/mol. The van der Waals surface area contributed by atoms with Gasteiger partial charge in [0.15, 0.2) is 0 Å². The second-order valence-electron chi connectivity index (χ2n) is 9.34. The van der Waals surface area contributed by atoms with Gasteiger partial charge in [-0.1, -0.05) is 11.6 Å². The summed E-state index contributed by atoms with van der Waals surface area (Å²) >= 11 is 12.1. The number of carbonyl (C=O) groups excluding carboxylic acids is 2. The number of amides is 1. The number of allylic oxidation sites excluding steroid dienone is 2. The van der Waals surface area contributed by atoms with Gasteiger partial charge in [-0.05, 0) is 97.8 Å². The lowest BCUT2D eigenvalue weighted by Gasteiger charge is -2.17. The number of alkyl halides is 1. The SMILES string of the molecule is CCOC(=O)c1cc(NC(=O)CCCCl)cc(C2=C(c3cc(Cl)ccc3OCc3ccc(F)cc3F)CCC2)c1. The van der Waals surface area contributed by atoms with Crippen LogP contribution in [0.2, 0.25) is 5.02 Å². The molecule has 5 nitrogen and oxygen atoms in total. The molecule has 0 unspecified atom stereocenters. The molecular formula is C31H29Cl2F2NO4. The van der Waals surface area contributed by atoms with Gasteiger partial charge in [0, 0.05) is 40.2 Å². The summed E-state index contributed by atoms with van der Waals surface area (Å²) in [5.41, 5.74) is 4.48. The summed E-state index contributed by atoms with van der Waals surface area (Å²) < 4.78 is 38.8. The van der Waals surface area contributed by atoms with E-state index in [1.165, 1.54) is 12.1 Å². The van der Waals surface area contributed by atoms with E-state index in [-0.39, 0.29) is 31.1 Å². The Labute approximate surface area is 242 Å². The fourth-order valence-corrected chi connectivity index (χ4v) is 4.98. The standard InChI is InChI=1S/C31H29Cl2F2NO4/c1-2-39-31(38)21-13-20(14-24(15-21)36-30(37)7-4-12-32)25-5-3-6-26(25)27-16-22(33)9-11-29(27)40-18-19-8-10-23(34)17-28(19)35/h8-11,13-17H,2-7,12,18H2,1H3,(H,36,37). The largest absolute Gasteiger partial charge is 0.488 e. The van der Waals surface area contributed by atoms with Crippen LogP contribution in [0.5, 0.6) is 5.75 Å². The molecule has 210 valence electrons. The van der Waals surface area contributed by atoms with Crippen LogP contribution in [0, 0.1) is 11.6 Å². The number of hydrogen-bond acceptors (Lipinski definition) is 4. The van der Waals surface area contributed by atoms with Crippen LogP contribution in [0.1, 0.15) is 66.1 Å². The van der Waals surface area contributed by atoms with Crippen molar-refractivity contribution in [1.29, 1.82) is 0 Å². The maximum Gasteiger partial charge on any atom is 0.338 e. The minimum absolute atomic E-state index is 0.0970. The first-order chi connectivity index (χ1) is 19.3. The molecule has 0 spiro atoms. The quantitative estimate of drug-likeness (QED) is 0.180. The summed E-state index contributed by atoms with van der Waals surface area (Å²) in [7, 11) is 0. The van der Waals surface area contributed by atoms with Crippen molar-refractivity contribution in [2.75, 3.05) is 17.8 Å². The van der Waals surface area contributed by atoms with E-state index in [0.717, 1.165) is 47.6 Å². The number of hydrogen-bond donors (Lipinski definition) is 1. The molecule has 0 atom stereocenters. The molecule has 1 aliphatic rings. The van der Waals surface area contributed by atoms with Crippen molar-refractivity contribution in [3.8, 4) is 5.75 Å². The van der Waals surface area contributed by atoms with E-state index in [2.05, 4.69) is 5.32 Å². The van der Waals surface area contributed by atoms with Crippen LogP contribution in [-0.4, -0.2) is 24.4 Å². The van der Waals surface area contributed by atoms with E-state index < -0.39 is 17.6 Å². The normalized spacial score (nSPS) is 12.9. The predicted octanol–water partition coefficient (Wildman–Crippen LogP) is 8.43. The molecule has 0 saturated carbocycles. The van der Waals surface area contributed by atoms with Crippen molar-refractivity contribution in [1.82, 2.24) is 0 Å². The lowest BCUT2D eigenvalue weighted by atomic mass is 9.94. The molecule has 3 aromatic rings. The van der Waals surface area contributed by atoms with Crippen LogP contribution in [0.25, 0.3) is 11.1 Å². The minimum Gasteiger partial charge on any atom is -0.488 e. The molecule has 9 heteroatoms. The molecule has 0 radical (unpaired) electrons. The molecule has 0 heterocycles. The molecule has 0 fully saturated rings. The summed E-state index contributed by atoms with van der Waals surface area (Å²) in [6, 6.07) is 13.7. The Kier molecular flexibility index (Phi) is 10.2. The maximum absolute atomic E-state index is 14.2. The topological polar surface area (TPSA) is 64.6 Å². The fourth-order valence-electron chi connectivity index (χ4n) is 4.67. The van der Waals surface area contributed by atoms with Crippen molar-refractivity contribution in [2.45, 2.75) is 45.6 Å². The Balaban J connectivity index is 1.73. The van der Waals surface area contributed by atoms with Gasteiger partial charge in [-0.15, -0.1) is 11.6 Å². The summed E-state index contributed by atoms with van der Waals surface area (Å²) in [6.45, 7) is 1.85. The molecule has 0 aliphatic heterocycles. The molecule has 0 saturated heterocycles. The van der Waals surface area contributed by atoms with Crippen LogP contribution in [-0.2, 0) is 16.1 Å². The Morgan fingerprint density at radius 2 is 1.80 bits per heavy atom. The highest BCUT2D eigenvalue weighted by atomic mass is 35.5. The van der Waals surface area contributed by atoms with Crippen molar-refractivity contribution in [2.24, 2.45) is 0 Å². The average Bonchev–Trinajstić information content (AvgIpc) is 3.42. The van der Waals surface area contributed by atoms with Gasteiger partial charge in [-0.3, -0.25) is 4.79 Å². The van der Waals surface area contributed by atoms with Crippen LogP contribution in [0.15, 0.2) is 54.6 Å². The first-order valence-corrected chi connectivity index (χ1v) is 14.0. The summed E-state index contributed by atoms with van der Waals surface area (Å²) in [5, 5.41) is 3.37. The zero-order valence-electron chi connectivity index (χ0n) is 22.0. The third-order valence-corrected chi connectivity index (χ3v) is 7.00. The second kappa shape index (κ2) is 13.8. The van der Waals surface area contributed by atoms with Crippen LogP contribution < -0.4 is 10.1 Å². The first-order valence-electron chi connectivity index (χ1n) is 13.1. The number of nitrogens with one attached hydrogen (secondary N) is 1. The number of benzene rings is 3. The molecule has 40 heavy (non-hydrogen) atoms. The zero-order valence-corrected chi connectivity index (χ0v) is 23.5. The van der Waals surface area contributed by atoms with Crippen LogP contribution in [0.3, 0.4) is 0 Å². The number of esters is 1. The highest BCUT2D eigenvalue weighted by Crippen LogP contribution is 2.44. The Hall–Kier alpha value is -3.42. The predicted molar refractivity (Wildman–Crippen MR) is 154 cm³/mol. The Bertz CT molecular complexity index is 1440. The smallest absolute Gasteiger partial charge is 0.338 e. The fraction of sp³-hybridized carbons (Fsp3) is 0.290. The monoisotopic (exact) mass is 587 g/mol. The van der Waals surface area contributed by atoms with Crippen molar-refractivity contribution in [3.63, 3.8) is 0 Å². The van der Waals surface area contributed by atoms with E-state index >= 15 is 0 Å². The number of halogens is 4. The van der Waals surface area contributed by atoms with Gasteiger partial charge in [0.05, 0.1) is 12.2 Å². The Morgan fingerprint density at radius 1 is 1.00 bits per heavy atom. The summed E-state index contributed by atoms with van der Waals surface area (Å²) in [5.74, 6) is -1.17. The van der Waals surface area contributed by atoms with Gasteiger partial charge in [0.1, 0.15) is 24.0 Å². The molecular weight excluding hydrogens is 559 g/mol. The maximum atomic E-state index is 14.2. The molecule has 0 bridgehead atoms. The van der Waals surface area contributed by atoms with E-state index in [1.54, 1.807) is 37.3 Å². The summed E-state index contributed by atoms with van der Waals surface area (Å²) in [6.07, 6.45) is 3.09. The van der Waals surface area contributed by atoms with E-state index in [0.29, 0.717) is 34.3 Å². The van der Waals surface area contributed by atoms with Crippen molar-refractivity contribution >= 4 is 51.9 Å². The molecule has 3 aromatic carbocycles. The van der Waals surface area contributed by atoms with Crippen molar-refractivity contribution in [3.05, 3.63) is 93.5 Å². The number of rotatable bonds is 11. The number of anilines is 1. The first kappa shape index (κ1) is 29.6. The van der Waals surface area contributed by atoms with Gasteiger partial charge in [-0.25, -0.2) is 13.6 Å². The lowest BCUT2D eigenvalue weighted by Crippen LogP contribution is -2.13. The molecule has 0 aromatic heterocycles. The van der Waals surface area contributed by atoms with E-state index in [9.17, 15) is 18.4 Å². The highest BCUT2D eigenvalue weighted by molar-refractivity contribution is 6.30. The summed E-state index contributed by atoms with van der Waals surface area (Å²) in [4.78, 5) is 25.1. The number of carbonyl (C=O) groups is 2. The Morgan fingerprint density at radius 3 is 2.55 bits per heavy atom. The lowest BCUT2D eigenvalue weighted by molar-refractivity contribution is -0.116. The van der Waals surface area contributed by atoms with Gasteiger partial charge >= 0.3 is 5.97 Å². The van der Waals surface area contributed by atoms with Gasteiger partial charge in [0.2, 0.25) is 5.91 Å². The second-order valence-corrected chi connectivity index (χ2v) is 10.2. The van der Waals surface area contributed by atoms with Gasteiger partial charge < -0.3 is 14.8 Å². The molecule has 1 N–H and O–H groups in total. The molecule has 1 aliphatic carbocycles. The minimum atomic E-state index is -0.687. The van der Waals surface area contributed by atoms with E-state index in [4.69, 9.17) is 32.7 Å². The zero-order chi connectivity index (χ0) is 28.6. The van der Waals surface area contributed by atoms with Crippen LogP contribution >= 0.6 is 23.2 Å². The third-order valence-electron chi connectivity index (χ3n) is 6.50. The van der Waals surface area contributed by atoms with Gasteiger partial charge in [0.25, 0.3) is 0 Å². The highest BCUT2D eigenvalue weighted by Gasteiger charge is 2.23. The molecule has 4 rings (SSSR count). The van der Waals surface area contributed by atoms with Gasteiger partial charge in [-0.2, -0.15) is 0 Å².